The number of rotatable bonds is 5. The summed E-state index contributed by atoms with van der Waals surface area (Å²) in [5.41, 5.74) is 0. The van der Waals surface area contributed by atoms with Crippen LogP contribution in [-0.4, -0.2) is 81.5 Å². The minimum atomic E-state index is -2.08. The third-order valence-electron chi connectivity index (χ3n) is 3.34. The predicted molar refractivity (Wildman–Crippen MR) is 72.8 cm³/mol. The number of carbonyl (C=O) groups excluding carboxylic acids is 2. The van der Waals surface area contributed by atoms with Crippen molar-refractivity contribution in [2.24, 2.45) is 0 Å². The van der Waals surface area contributed by atoms with Crippen LogP contribution in [0.4, 0.5) is 0 Å². The first-order valence-corrected chi connectivity index (χ1v) is 6.91. The van der Waals surface area contributed by atoms with E-state index in [9.17, 15) is 24.9 Å². The largest absolute Gasteiger partial charge is 0.466 e. The van der Waals surface area contributed by atoms with Crippen molar-refractivity contribution in [3.8, 4) is 0 Å². The fraction of sp³-hybridized carbons (Fsp3) is 0.833. The summed E-state index contributed by atoms with van der Waals surface area (Å²) in [5.74, 6) is -1.52. The smallest absolute Gasteiger partial charge is 0.354 e. The molecule has 6 unspecified atom stereocenters. The van der Waals surface area contributed by atoms with Crippen molar-refractivity contribution < 1.29 is 39.5 Å². The average Bonchev–Trinajstić information content (AvgIpc) is 2.46. The molecule has 0 radical (unpaired) electrons. The van der Waals surface area contributed by atoms with Crippen LogP contribution in [0.2, 0.25) is 0 Å². The number of hydrogen-bond donors (Lipinski definition) is 5. The first kappa shape index (κ1) is 19.1. The van der Waals surface area contributed by atoms with Crippen LogP contribution < -0.4 is 5.32 Å². The van der Waals surface area contributed by atoms with Crippen molar-refractivity contribution in [2.75, 3.05) is 13.7 Å². The molecule has 1 aliphatic heterocycles. The molecule has 22 heavy (non-hydrogen) atoms. The monoisotopic (exact) mass is 341 g/mol. The lowest BCUT2D eigenvalue weighted by Crippen LogP contribution is -2.66. The Morgan fingerprint density at radius 1 is 1.50 bits per heavy atom. The lowest BCUT2D eigenvalue weighted by molar-refractivity contribution is -0.209. The molecule has 1 aliphatic rings. The Balaban J connectivity index is 3.09. The molecule has 0 spiro atoms. The number of methoxy groups -OCH3 is 1. The lowest BCUT2D eigenvalue weighted by atomic mass is 9.90. The van der Waals surface area contributed by atoms with Gasteiger partial charge in [-0.2, -0.15) is 0 Å². The van der Waals surface area contributed by atoms with Gasteiger partial charge >= 0.3 is 5.97 Å². The van der Waals surface area contributed by atoms with E-state index in [1.807, 2.05) is 0 Å². The van der Waals surface area contributed by atoms with Crippen LogP contribution in [0.15, 0.2) is 0 Å². The second-order valence-corrected chi connectivity index (χ2v) is 5.65. The van der Waals surface area contributed by atoms with Gasteiger partial charge in [-0.15, -0.1) is 0 Å². The number of aliphatic hydroxyl groups excluding tert-OH is 4. The molecule has 1 saturated heterocycles. The molecule has 9 nitrogen and oxygen atoms in total. The summed E-state index contributed by atoms with van der Waals surface area (Å²) in [7, 11) is 1.07. The minimum absolute atomic E-state index is 0.398. The number of nitrogens with one attached hydrogen (secondary N) is 1. The molecule has 0 aromatic carbocycles. The third-order valence-corrected chi connectivity index (χ3v) is 3.74. The SMILES string of the molecule is COC(=O)C1(Cl)CC(O)C(NC(C)=O)C(C(O)C(O)CO)O1. The zero-order valence-electron chi connectivity index (χ0n) is 12.1. The van der Waals surface area contributed by atoms with E-state index >= 15 is 0 Å². The number of ether oxygens (including phenoxy) is 2. The van der Waals surface area contributed by atoms with E-state index in [1.54, 1.807) is 0 Å². The summed E-state index contributed by atoms with van der Waals surface area (Å²) in [5, 5.41) is 38.9. The van der Waals surface area contributed by atoms with Crippen LogP contribution in [0.25, 0.3) is 0 Å². The molecule has 6 atom stereocenters. The third kappa shape index (κ3) is 4.06. The molecule has 5 N–H and O–H groups in total. The molecule has 0 aliphatic carbocycles. The van der Waals surface area contributed by atoms with E-state index in [0.717, 1.165) is 7.11 Å². The van der Waals surface area contributed by atoms with Gasteiger partial charge in [-0.1, -0.05) is 11.6 Å². The molecule has 10 heteroatoms. The molecule has 0 aromatic heterocycles. The predicted octanol–water partition coefficient (Wildman–Crippen LogP) is -2.54. The van der Waals surface area contributed by atoms with Crippen molar-refractivity contribution in [1.82, 2.24) is 5.32 Å². The van der Waals surface area contributed by atoms with Gasteiger partial charge in [0, 0.05) is 13.3 Å². The fourth-order valence-corrected chi connectivity index (χ4v) is 2.60. The van der Waals surface area contributed by atoms with Gasteiger partial charge in [-0.05, 0) is 0 Å². The molecule has 1 rings (SSSR count). The van der Waals surface area contributed by atoms with Crippen LogP contribution in [0, 0.1) is 0 Å². The number of halogens is 1. The minimum Gasteiger partial charge on any atom is -0.466 e. The van der Waals surface area contributed by atoms with Crippen molar-refractivity contribution in [2.45, 2.75) is 48.9 Å². The Hall–Kier alpha value is -0.970. The molecule has 0 bridgehead atoms. The fourth-order valence-electron chi connectivity index (χ4n) is 2.26. The Kier molecular flexibility index (Phi) is 6.53. The van der Waals surface area contributed by atoms with Crippen LogP contribution in [-0.2, 0) is 19.1 Å². The van der Waals surface area contributed by atoms with Gasteiger partial charge in [0.25, 0.3) is 0 Å². The molecule has 1 fully saturated rings. The molecule has 0 saturated carbocycles. The molecule has 0 aromatic rings. The van der Waals surface area contributed by atoms with Crippen LogP contribution >= 0.6 is 11.6 Å². The van der Waals surface area contributed by atoms with E-state index in [1.165, 1.54) is 6.92 Å². The van der Waals surface area contributed by atoms with Crippen LogP contribution in [0.5, 0.6) is 0 Å². The number of carbonyl (C=O) groups is 2. The Labute approximate surface area is 131 Å². The normalized spacial score (nSPS) is 34.6. The van der Waals surface area contributed by atoms with E-state index in [0.29, 0.717) is 0 Å². The van der Waals surface area contributed by atoms with Gasteiger partial charge in [-0.3, -0.25) is 4.79 Å². The lowest BCUT2D eigenvalue weighted by Gasteiger charge is -2.44. The number of alkyl halides is 1. The number of aliphatic hydroxyl groups is 4. The molecule has 128 valence electrons. The van der Waals surface area contributed by atoms with Gasteiger partial charge in [0.1, 0.15) is 18.3 Å². The highest BCUT2D eigenvalue weighted by Gasteiger charge is 2.54. The summed E-state index contributed by atoms with van der Waals surface area (Å²) in [6.45, 7) is 0.388. The van der Waals surface area contributed by atoms with Crippen LogP contribution in [0.1, 0.15) is 13.3 Å². The summed E-state index contributed by atoms with van der Waals surface area (Å²) in [6, 6.07) is -1.13. The maximum absolute atomic E-state index is 11.7. The van der Waals surface area contributed by atoms with Gasteiger partial charge < -0.3 is 35.2 Å². The van der Waals surface area contributed by atoms with Crippen molar-refractivity contribution in [3.05, 3.63) is 0 Å². The zero-order valence-corrected chi connectivity index (χ0v) is 12.9. The molecule has 1 amide bonds. The van der Waals surface area contributed by atoms with E-state index in [2.05, 4.69) is 10.1 Å². The first-order chi connectivity index (χ1) is 10.2. The van der Waals surface area contributed by atoms with Crippen molar-refractivity contribution >= 4 is 23.5 Å². The Morgan fingerprint density at radius 3 is 2.55 bits per heavy atom. The van der Waals surface area contributed by atoms with E-state index in [-0.39, 0.29) is 0 Å². The quantitative estimate of drug-likeness (QED) is 0.272. The summed E-state index contributed by atoms with van der Waals surface area (Å²) in [6.07, 6.45) is -6.51. The van der Waals surface area contributed by atoms with Gasteiger partial charge in [0.15, 0.2) is 0 Å². The average molecular weight is 342 g/mol. The topological polar surface area (TPSA) is 146 Å². The summed E-state index contributed by atoms with van der Waals surface area (Å²) < 4.78 is 9.77. The van der Waals surface area contributed by atoms with Gasteiger partial charge in [0.2, 0.25) is 11.0 Å². The maximum atomic E-state index is 11.7. The second kappa shape index (κ2) is 7.53. The molecular formula is C12H20ClNO8. The Bertz CT molecular complexity index is 422. The number of hydrogen-bond acceptors (Lipinski definition) is 8. The van der Waals surface area contributed by atoms with Crippen LogP contribution in [0.3, 0.4) is 0 Å². The van der Waals surface area contributed by atoms with Gasteiger partial charge in [-0.25, -0.2) is 4.79 Å². The molecule has 1 heterocycles. The maximum Gasteiger partial charge on any atom is 0.354 e. The second-order valence-electron chi connectivity index (χ2n) is 5.04. The van der Waals surface area contributed by atoms with Crippen molar-refractivity contribution in [3.63, 3.8) is 0 Å². The van der Waals surface area contributed by atoms with Crippen molar-refractivity contribution in [1.29, 1.82) is 0 Å². The summed E-state index contributed by atoms with van der Waals surface area (Å²) >= 11 is 5.98. The van der Waals surface area contributed by atoms with Gasteiger partial charge in [0.05, 0.1) is 25.9 Å². The number of esters is 1. The molecular weight excluding hydrogens is 322 g/mol. The standard InChI is InChI=1S/C12H20ClNO8/c1-5(16)14-8-6(17)3-12(13,11(20)21-2)22-10(8)9(19)7(18)4-15/h6-10,15,17-19H,3-4H2,1-2H3,(H,14,16). The Morgan fingerprint density at radius 2 is 2.09 bits per heavy atom. The summed E-state index contributed by atoms with van der Waals surface area (Å²) in [4.78, 5) is 22.9. The highest BCUT2D eigenvalue weighted by atomic mass is 35.5. The van der Waals surface area contributed by atoms with E-state index in [4.69, 9.17) is 21.4 Å². The first-order valence-electron chi connectivity index (χ1n) is 6.53. The van der Waals surface area contributed by atoms with E-state index < -0.39 is 60.4 Å². The number of amides is 1. The zero-order chi connectivity index (χ0) is 17.1. The highest BCUT2D eigenvalue weighted by molar-refractivity contribution is 6.32. The highest BCUT2D eigenvalue weighted by Crippen LogP contribution is 2.35.